The first-order valence-corrected chi connectivity index (χ1v) is 7.21. The molecule has 1 atom stereocenters. The van der Waals surface area contributed by atoms with Crippen molar-refractivity contribution in [2.75, 3.05) is 25.0 Å². The summed E-state index contributed by atoms with van der Waals surface area (Å²) in [6.45, 7) is 3.46. The summed E-state index contributed by atoms with van der Waals surface area (Å²) in [6, 6.07) is 7.16. The highest BCUT2D eigenvalue weighted by atomic mass is 35.5. The average Bonchev–Trinajstić information content (AvgIpc) is 2.41. The van der Waals surface area contributed by atoms with Crippen molar-refractivity contribution in [3.05, 3.63) is 29.3 Å². The third-order valence-corrected chi connectivity index (χ3v) is 3.93. The highest BCUT2D eigenvalue weighted by Gasteiger charge is 2.24. The monoisotopic (exact) mass is 294 g/mol. The molecule has 1 heterocycles. The van der Waals surface area contributed by atoms with Crippen LogP contribution >= 0.6 is 11.6 Å². The zero-order valence-corrected chi connectivity index (χ0v) is 12.3. The van der Waals surface area contributed by atoms with Crippen LogP contribution in [0.4, 0.5) is 5.69 Å². The van der Waals surface area contributed by atoms with Crippen molar-refractivity contribution in [2.45, 2.75) is 19.8 Å². The summed E-state index contributed by atoms with van der Waals surface area (Å²) >= 11 is 6.00. The summed E-state index contributed by atoms with van der Waals surface area (Å²) < 4.78 is 0. The lowest BCUT2D eigenvalue weighted by Crippen LogP contribution is -2.42. The van der Waals surface area contributed by atoms with Gasteiger partial charge in [0, 0.05) is 12.5 Å². The second-order valence-electron chi connectivity index (χ2n) is 5.21. The second-order valence-corrected chi connectivity index (χ2v) is 5.62. The van der Waals surface area contributed by atoms with Crippen LogP contribution in [0.15, 0.2) is 24.3 Å². The number of rotatable bonds is 4. The van der Waals surface area contributed by atoms with Crippen LogP contribution in [0.2, 0.25) is 5.02 Å². The Balaban J connectivity index is 1.88. The Hall–Kier alpha value is -1.39. The lowest BCUT2D eigenvalue weighted by atomic mass is 9.95. The van der Waals surface area contributed by atoms with E-state index in [1.165, 1.54) is 0 Å². The third-order valence-electron chi connectivity index (χ3n) is 3.60. The fourth-order valence-electron chi connectivity index (χ4n) is 2.49. The van der Waals surface area contributed by atoms with E-state index in [1.54, 1.807) is 19.1 Å². The molecule has 20 heavy (non-hydrogen) atoms. The van der Waals surface area contributed by atoms with E-state index in [1.807, 2.05) is 17.0 Å². The molecule has 1 saturated heterocycles. The Kier molecular flexibility index (Phi) is 5.15. The van der Waals surface area contributed by atoms with Gasteiger partial charge in [-0.1, -0.05) is 23.7 Å². The lowest BCUT2D eigenvalue weighted by Gasteiger charge is -2.30. The van der Waals surface area contributed by atoms with E-state index < -0.39 is 0 Å². The summed E-state index contributed by atoms with van der Waals surface area (Å²) in [4.78, 5) is 25.5. The number of nitrogens with one attached hydrogen (secondary N) is 1. The summed E-state index contributed by atoms with van der Waals surface area (Å²) in [5.74, 6) is 0.181. The minimum absolute atomic E-state index is 0.0665. The maximum atomic E-state index is 12.0. The Morgan fingerprint density at radius 3 is 2.85 bits per heavy atom. The fraction of sp³-hybridized carbons (Fsp3) is 0.467. The molecule has 108 valence electrons. The smallest absolute Gasteiger partial charge is 0.238 e. The maximum absolute atomic E-state index is 12.0. The van der Waals surface area contributed by atoms with Crippen LogP contribution in [0.1, 0.15) is 19.8 Å². The van der Waals surface area contributed by atoms with Gasteiger partial charge in [0.05, 0.1) is 17.3 Å². The molecule has 1 unspecified atom stereocenters. The molecule has 2 rings (SSSR count). The van der Waals surface area contributed by atoms with Crippen LogP contribution in [-0.4, -0.2) is 36.2 Å². The summed E-state index contributed by atoms with van der Waals surface area (Å²) in [5.41, 5.74) is 0.624. The molecule has 1 fully saturated rings. The summed E-state index contributed by atoms with van der Waals surface area (Å²) in [5, 5.41) is 3.33. The van der Waals surface area contributed by atoms with E-state index in [9.17, 15) is 9.59 Å². The summed E-state index contributed by atoms with van der Waals surface area (Å²) in [7, 11) is 0. The van der Waals surface area contributed by atoms with Gasteiger partial charge in [0.1, 0.15) is 5.78 Å². The quantitative estimate of drug-likeness (QED) is 0.928. The molecule has 1 aromatic carbocycles. The number of halogens is 1. The van der Waals surface area contributed by atoms with Crippen molar-refractivity contribution in [1.29, 1.82) is 0 Å². The molecule has 1 aliphatic heterocycles. The molecular formula is C15H19ClN2O2. The normalized spacial score (nSPS) is 19.6. The number of amides is 1. The van der Waals surface area contributed by atoms with Gasteiger partial charge < -0.3 is 5.32 Å². The molecular weight excluding hydrogens is 276 g/mol. The SMILES string of the molecule is CC(=O)C1CCCN(CC(=O)Nc2ccccc2Cl)C1. The maximum Gasteiger partial charge on any atom is 0.238 e. The molecule has 1 N–H and O–H groups in total. The Morgan fingerprint density at radius 1 is 1.40 bits per heavy atom. The number of benzene rings is 1. The number of anilines is 1. The van der Waals surface area contributed by atoms with Gasteiger partial charge in [-0.25, -0.2) is 0 Å². The van der Waals surface area contributed by atoms with Crippen LogP contribution in [0.25, 0.3) is 0 Å². The van der Waals surface area contributed by atoms with Gasteiger partial charge in [-0.05, 0) is 38.4 Å². The van der Waals surface area contributed by atoms with E-state index in [4.69, 9.17) is 11.6 Å². The number of nitrogens with zero attached hydrogens (tertiary/aromatic N) is 1. The number of likely N-dealkylation sites (tertiary alicyclic amines) is 1. The standard InChI is InChI=1S/C15H19ClN2O2/c1-11(19)12-5-4-8-18(9-12)10-15(20)17-14-7-3-2-6-13(14)16/h2-3,6-7,12H,4-5,8-10H2,1H3,(H,17,20). The van der Waals surface area contributed by atoms with Crippen molar-refractivity contribution in [2.24, 2.45) is 5.92 Å². The van der Waals surface area contributed by atoms with Crippen LogP contribution in [0.5, 0.6) is 0 Å². The fourth-order valence-corrected chi connectivity index (χ4v) is 2.67. The van der Waals surface area contributed by atoms with Gasteiger partial charge in [-0.3, -0.25) is 14.5 Å². The van der Waals surface area contributed by atoms with Crippen molar-refractivity contribution >= 4 is 29.0 Å². The van der Waals surface area contributed by atoms with Gasteiger partial charge in [0.25, 0.3) is 0 Å². The van der Waals surface area contributed by atoms with Crippen LogP contribution in [0, 0.1) is 5.92 Å². The van der Waals surface area contributed by atoms with E-state index in [-0.39, 0.29) is 17.6 Å². The second kappa shape index (κ2) is 6.86. The predicted octanol–water partition coefficient (Wildman–Crippen LogP) is 2.58. The number of para-hydroxylation sites is 1. The Labute approximate surface area is 124 Å². The van der Waals surface area contributed by atoms with Gasteiger partial charge in [-0.15, -0.1) is 0 Å². The number of ketones is 1. The Bertz CT molecular complexity index is 504. The first kappa shape index (κ1) is 15.0. The molecule has 0 aliphatic carbocycles. The first-order chi connectivity index (χ1) is 9.56. The van der Waals surface area contributed by atoms with Crippen LogP contribution in [0.3, 0.4) is 0 Å². The van der Waals surface area contributed by atoms with Gasteiger partial charge in [0.2, 0.25) is 5.91 Å². The highest BCUT2D eigenvalue weighted by Crippen LogP contribution is 2.21. The number of hydrogen-bond acceptors (Lipinski definition) is 3. The van der Waals surface area contributed by atoms with Gasteiger partial charge >= 0.3 is 0 Å². The molecule has 1 amide bonds. The Morgan fingerprint density at radius 2 is 2.15 bits per heavy atom. The molecule has 0 saturated carbocycles. The zero-order chi connectivity index (χ0) is 14.5. The minimum Gasteiger partial charge on any atom is -0.324 e. The number of carbonyl (C=O) groups excluding carboxylic acids is 2. The average molecular weight is 295 g/mol. The van der Waals surface area contributed by atoms with Crippen molar-refractivity contribution in [3.63, 3.8) is 0 Å². The summed E-state index contributed by atoms with van der Waals surface area (Å²) in [6.07, 6.45) is 1.89. The van der Waals surface area contributed by atoms with E-state index in [2.05, 4.69) is 5.32 Å². The van der Waals surface area contributed by atoms with Crippen LogP contribution < -0.4 is 5.32 Å². The van der Waals surface area contributed by atoms with E-state index >= 15 is 0 Å². The highest BCUT2D eigenvalue weighted by molar-refractivity contribution is 6.33. The van der Waals surface area contributed by atoms with E-state index in [0.717, 1.165) is 19.4 Å². The van der Waals surface area contributed by atoms with Crippen molar-refractivity contribution in [1.82, 2.24) is 4.90 Å². The van der Waals surface area contributed by atoms with Gasteiger partial charge in [-0.2, -0.15) is 0 Å². The third kappa shape index (κ3) is 4.05. The largest absolute Gasteiger partial charge is 0.324 e. The number of Topliss-reactive ketones (excluding diaryl/α,β-unsaturated/α-hetero) is 1. The molecule has 1 aromatic rings. The van der Waals surface area contributed by atoms with Crippen molar-refractivity contribution < 1.29 is 9.59 Å². The van der Waals surface area contributed by atoms with Crippen molar-refractivity contribution in [3.8, 4) is 0 Å². The lowest BCUT2D eigenvalue weighted by molar-refractivity contribution is -0.124. The number of hydrogen-bond donors (Lipinski definition) is 1. The molecule has 0 radical (unpaired) electrons. The topological polar surface area (TPSA) is 49.4 Å². The van der Waals surface area contributed by atoms with E-state index in [0.29, 0.717) is 23.8 Å². The number of carbonyl (C=O) groups is 2. The number of piperidine rings is 1. The molecule has 0 bridgehead atoms. The molecule has 1 aliphatic rings. The first-order valence-electron chi connectivity index (χ1n) is 6.83. The van der Waals surface area contributed by atoms with Gasteiger partial charge in [0.15, 0.2) is 0 Å². The minimum atomic E-state index is -0.0951. The molecule has 4 nitrogen and oxygen atoms in total. The van der Waals surface area contributed by atoms with Crippen LogP contribution in [-0.2, 0) is 9.59 Å². The molecule has 5 heteroatoms. The zero-order valence-electron chi connectivity index (χ0n) is 11.6. The molecule has 0 aromatic heterocycles. The predicted molar refractivity (Wildman–Crippen MR) is 79.9 cm³/mol. The molecule has 0 spiro atoms.